The number of amides is 1. The Morgan fingerprint density at radius 2 is 1.81 bits per heavy atom. The minimum atomic E-state index is -0.521. The van der Waals surface area contributed by atoms with Crippen molar-refractivity contribution in [2.24, 2.45) is 7.05 Å². The van der Waals surface area contributed by atoms with E-state index in [1.165, 1.54) is 29.0 Å². The molecular weight excluding hydrogens is 418 g/mol. The van der Waals surface area contributed by atoms with E-state index in [0.29, 0.717) is 16.9 Å². The molecule has 31 heavy (non-hydrogen) atoms. The molecule has 9 nitrogen and oxygen atoms in total. The van der Waals surface area contributed by atoms with Crippen LogP contribution in [0.4, 0.5) is 11.4 Å². The van der Waals surface area contributed by atoms with Gasteiger partial charge >= 0.3 is 0 Å². The Kier molecular flexibility index (Phi) is 5.07. The van der Waals surface area contributed by atoms with Crippen LogP contribution in [0.5, 0.6) is 0 Å². The van der Waals surface area contributed by atoms with Crippen molar-refractivity contribution in [3.63, 3.8) is 0 Å². The number of hydrogen-bond acceptors (Lipinski definition) is 6. The molecule has 0 unspecified atom stereocenters. The second-order valence-corrected chi connectivity index (χ2v) is 7.85. The highest BCUT2D eigenvalue weighted by molar-refractivity contribution is 8.19. The van der Waals surface area contributed by atoms with Crippen LogP contribution in [-0.2, 0) is 11.8 Å². The van der Waals surface area contributed by atoms with Crippen molar-refractivity contribution in [2.75, 3.05) is 4.90 Å². The molecular formula is C21H17N5O4S. The number of carbonyl (C=O) groups is 1. The number of nitro groups is 1. The van der Waals surface area contributed by atoms with Crippen molar-refractivity contribution < 1.29 is 9.72 Å². The van der Waals surface area contributed by atoms with Gasteiger partial charge in [-0.3, -0.25) is 29.8 Å². The third-order valence-electron chi connectivity index (χ3n) is 4.95. The number of thioether (sulfide) groups is 1. The van der Waals surface area contributed by atoms with E-state index in [9.17, 15) is 19.7 Å². The molecule has 156 valence electrons. The average Bonchev–Trinajstić information content (AvgIpc) is 3.14. The molecule has 0 radical (unpaired) electrons. The van der Waals surface area contributed by atoms with Crippen molar-refractivity contribution in [1.29, 1.82) is 5.41 Å². The fraction of sp³-hybridized carbons (Fsp3) is 0.0952. The van der Waals surface area contributed by atoms with Crippen LogP contribution < -0.4 is 10.5 Å². The number of hydrogen-bond donors (Lipinski definition) is 1. The molecule has 0 atom stereocenters. The normalized spacial score (nSPS) is 15.2. The molecule has 1 aromatic heterocycles. The number of benzene rings is 2. The summed E-state index contributed by atoms with van der Waals surface area (Å²) in [6.07, 6.45) is 1.49. The highest BCUT2D eigenvalue weighted by atomic mass is 32.2. The zero-order chi connectivity index (χ0) is 22.3. The predicted octanol–water partition coefficient (Wildman–Crippen LogP) is 3.45. The van der Waals surface area contributed by atoms with E-state index in [2.05, 4.69) is 0 Å². The zero-order valence-corrected chi connectivity index (χ0v) is 17.4. The van der Waals surface area contributed by atoms with E-state index in [-0.39, 0.29) is 21.4 Å². The molecule has 1 amide bonds. The molecule has 0 bridgehead atoms. The lowest BCUT2D eigenvalue weighted by atomic mass is 10.2. The first-order chi connectivity index (χ1) is 14.8. The lowest BCUT2D eigenvalue weighted by Crippen LogP contribution is -2.33. The Balaban J connectivity index is 1.77. The number of anilines is 1. The van der Waals surface area contributed by atoms with Gasteiger partial charge in [0.15, 0.2) is 5.17 Å². The van der Waals surface area contributed by atoms with E-state index in [1.807, 2.05) is 18.2 Å². The van der Waals surface area contributed by atoms with Gasteiger partial charge in [-0.05, 0) is 42.5 Å². The van der Waals surface area contributed by atoms with E-state index >= 15 is 0 Å². The molecule has 1 aliphatic heterocycles. The van der Waals surface area contributed by atoms with Crippen molar-refractivity contribution in [3.8, 4) is 5.69 Å². The monoisotopic (exact) mass is 435 g/mol. The summed E-state index contributed by atoms with van der Waals surface area (Å²) in [5.74, 6) is -0.521. The number of carbonyl (C=O) groups excluding carboxylic acids is 1. The third kappa shape index (κ3) is 3.46. The lowest BCUT2D eigenvalue weighted by Gasteiger charge is -2.12. The van der Waals surface area contributed by atoms with Gasteiger partial charge in [0, 0.05) is 19.2 Å². The predicted molar refractivity (Wildman–Crippen MR) is 120 cm³/mol. The number of amidine groups is 1. The minimum Gasteiger partial charge on any atom is -0.283 e. The Bertz CT molecular complexity index is 1320. The second kappa shape index (κ2) is 7.73. The Morgan fingerprint density at radius 3 is 2.48 bits per heavy atom. The number of nitrogens with zero attached hydrogens (tertiary/aromatic N) is 4. The van der Waals surface area contributed by atoms with Gasteiger partial charge < -0.3 is 0 Å². The standard InChI is InChI=1S/C21H17N5O4S/c1-13-18(20(28)25(23(13)2)15-8-4-3-5-9-15)24-19(27)17(31-21(24)22)12-14-7-6-10-16(11-14)26(29)30/h3-12,22H,1-2H3/b17-12-,22-21?. The fourth-order valence-corrected chi connectivity index (χ4v) is 4.23. The van der Waals surface area contributed by atoms with E-state index in [4.69, 9.17) is 5.41 Å². The summed E-state index contributed by atoms with van der Waals surface area (Å²) >= 11 is 0.908. The van der Waals surface area contributed by atoms with E-state index in [1.54, 1.807) is 36.9 Å². The molecule has 0 saturated carbocycles. The summed E-state index contributed by atoms with van der Waals surface area (Å²) in [6, 6.07) is 14.9. The van der Waals surface area contributed by atoms with Crippen LogP contribution in [0, 0.1) is 22.4 Å². The maximum atomic E-state index is 13.2. The van der Waals surface area contributed by atoms with Gasteiger partial charge in [-0.15, -0.1) is 0 Å². The largest absolute Gasteiger partial charge is 0.296 e. The van der Waals surface area contributed by atoms with Gasteiger partial charge in [-0.2, -0.15) is 0 Å². The summed E-state index contributed by atoms with van der Waals surface area (Å²) in [6.45, 7) is 1.71. The molecule has 0 spiro atoms. The molecule has 10 heteroatoms. The van der Waals surface area contributed by atoms with Crippen LogP contribution in [-0.4, -0.2) is 25.4 Å². The molecule has 1 fully saturated rings. The summed E-state index contributed by atoms with van der Waals surface area (Å²) in [5.41, 5.74) is 1.23. The van der Waals surface area contributed by atoms with Gasteiger partial charge in [-0.1, -0.05) is 30.3 Å². The number of aromatic nitrogens is 2. The lowest BCUT2D eigenvalue weighted by molar-refractivity contribution is -0.384. The van der Waals surface area contributed by atoms with Crippen LogP contribution in [0.15, 0.2) is 64.3 Å². The summed E-state index contributed by atoms with van der Waals surface area (Å²) in [4.78, 5) is 38.1. The first kappa shape index (κ1) is 20.4. The quantitative estimate of drug-likeness (QED) is 0.383. The minimum absolute atomic E-state index is 0.0959. The van der Waals surface area contributed by atoms with Gasteiger partial charge in [0.25, 0.3) is 17.2 Å². The highest BCUT2D eigenvalue weighted by Crippen LogP contribution is 2.35. The van der Waals surface area contributed by atoms with Crippen molar-refractivity contribution in [3.05, 3.63) is 91.2 Å². The molecule has 2 heterocycles. The molecule has 1 N–H and O–H groups in total. The third-order valence-corrected chi connectivity index (χ3v) is 5.84. The fourth-order valence-electron chi connectivity index (χ4n) is 3.38. The Hall–Kier alpha value is -3.92. The maximum Gasteiger partial charge on any atom is 0.296 e. The average molecular weight is 435 g/mol. The summed E-state index contributed by atoms with van der Waals surface area (Å²) in [5, 5.41) is 19.2. The number of nitrogens with one attached hydrogen (secondary N) is 1. The van der Waals surface area contributed by atoms with Crippen molar-refractivity contribution >= 4 is 40.3 Å². The van der Waals surface area contributed by atoms with Crippen LogP contribution in [0.3, 0.4) is 0 Å². The highest BCUT2D eigenvalue weighted by Gasteiger charge is 2.38. The Morgan fingerprint density at radius 1 is 1.10 bits per heavy atom. The first-order valence-electron chi connectivity index (χ1n) is 9.20. The Labute approximate surface area is 180 Å². The second-order valence-electron chi connectivity index (χ2n) is 6.82. The number of rotatable bonds is 4. The summed E-state index contributed by atoms with van der Waals surface area (Å²) < 4.78 is 3.08. The van der Waals surface area contributed by atoms with Gasteiger partial charge in [0.05, 0.1) is 21.2 Å². The molecule has 4 rings (SSSR count). The number of non-ortho nitro benzene ring substituents is 1. The molecule has 3 aromatic rings. The van der Waals surface area contributed by atoms with Crippen LogP contribution in [0.1, 0.15) is 11.3 Å². The number of para-hydroxylation sites is 1. The smallest absolute Gasteiger partial charge is 0.283 e. The topological polar surface area (TPSA) is 114 Å². The number of nitro benzene ring substituents is 1. The summed E-state index contributed by atoms with van der Waals surface area (Å²) in [7, 11) is 1.71. The zero-order valence-electron chi connectivity index (χ0n) is 16.6. The van der Waals surface area contributed by atoms with E-state index < -0.39 is 16.4 Å². The maximum absolute atomic E-state index is 13.2. The SMILES string of the molecule is Cc1c(N2C(=N)S/C(=C\c3cccc([N+](=O)[O-])c3)C2=O)c(=O)n(-c2ccccc2)n1C. The molecule has 0 aliphatic carbocycles. The van der Waals surface area contributed by atoms with Gasteiger partial charge in [0.2, 0.25) is 0 Å². The van der Waals surface area contributed by atoms with Crippen molar-refractivity contribution in [1.82, 2.24) is 9.36 Å². The molecule has 1 saturated heterocycles. The van der Waals surface area contributed by atoms with Crippen LogP contribution in [0.2, 0.25) is 0 Å². The van der Waals surface area contributed by atoms with Crippen molar-refractivity contribution in [2.45, 2.75) is 6.92 Å². The van der Waals surface area contributed by atoms with E-state index in [0.717, 1.165) is 16.7 Å². The first-order valence-corrected chi connectivity index (χ1v) is 10.0. The van der Waals surface area contributed by atoms with Crippen LogP contribution in [0.25, 0.3) is 11.8 Å². The van der Waals surface area contributed by atoms with Gasteiger partial charge in [0.1, 0.15) is 5.69 Å². The molecule has 2 aromatic carbocycles. The molecule has 1 aliphatic rings. The van der Waals surface area contributed by atoms with Crippen LogP contribution >= 0.6 is 11.8 Å². The van der Waals surface area contributed by atoms with Gasteiger partial charge in [-0.25, -0.2) is 9.58 Å².